The molecule has 0 unspecified atom stereocenters. The summed E-state index contributed by atoms with van der Waals surface area (Å²) in [4.78, 5) is 13.8. The van der Waals surface area contributed by atoms with Crippen molar-refractivity contribution in [1.29, 1.82) is 0 Å². The summed E-state index contributed by atoms with van der Waals surface area (Å²) in [6, 6.07) is 25.0. The summed E-state index contributed by atoms with van der Waals surface area (Å²) in [5, 5.41) is 5.53. The average Bonchev–Trinajstić information content (AvgIpc) is 3.28. The van der Waals surface area contributed by atoms with E-state index in [9.17, 15) is 4.79 Å². The fourth-order valence-electron chi connectivity index (χ4n) is 4.17. The van der Waals surface area contributed by atoms with Crippen LogP contribution in [-0.2, 0) is 11.3 Å². The number of carbonyl (C=O) groups excluding carboxylic acids is 1. The molecule has 0 aliphatic carbocycles. The predicted octanol–water partition coefficient (Wildman–Crippen LogP) is 3.49. The van der Waals surface area contributed by atoms with Crippen molar-refractivity contribution in [2.45, 2.75) is 25.5 Å². The third-order valence-corrected chi connectivity index (χ3v) is 5.60. The molecule has 1 aliphatic heterocycles. The molecule has 28 heavy (non-hydrogen) atoms. The van der Waals surface area contributed by atoms with E-state index in [1.54, 1.807) is 4.90 Å². The van der Waals surface area contributed by atoms with E-state index in [2.05, 4.69) is 47.8 Å². The third kappa shape index (κ3) is 4.34. The monoisotopic (exact) mass is 375 g/mol. The van der Waals surface area contributed by atoms with Crippen molar-refractivity contribution in [1.82, 2.24) is 5.32 Å². The Morgan fingerprint density at radius 3 is 2.46 bits per heavy atom. The minimum absolute atomic E-state index is 0.234. The van der Waals surface area contributed by atoms with Gasteiger partial charge in [-0.05, 0) is 16.3 Å². The second-order valence-corrected chi connectivity index (χ2v) is 7.43. The highest BCUT2D eigenvalue weighted by atomic mass is 16.5. The van der Waals surface area contributed by atoms with Crippen molar-refractivity contribution in [3.63, 3.8) is 0 Å². The molecule has 2 N–H and O–H groups in total. The first-order chi connectivity index (χ1) is 13.8. The molecule has 144 valence electrons. The highest BCUT2D eigenvalue weighted by Crippen LogP contribution is 2.23. The molecular weight excluding hydrogens is 348 g/mol. The number of amides is 1. The number of quaternary nitrogens is 1. The van der Waals surface area contributed by atoms with Gasteiger partial charge in [0.05, 0.1) is 19.6 Å². The maximum absolute atomic E-state index is 12.3. The summed E-state index contributed by atoms with van der Waals surface area (Å²) >= 11 is 0. The molecule has 0 radical (unpaired) electrons. The molecule has 1 fully saturated rings. The summed E-state index contributed by atoms with van der Waals surface area (Å²) < 4.78 is 5.41. The number of alkyl carbamates (subject to hydrolysis) is 1. The van der Waals surface area contributed by atoms with Crippen molar-refractivity contribution in [2.24, 2.45) is 0 Å². The van der Waals surface area contributed by atoms with Crippen LogP contribution in [0.4, 0.5) is 4.79 Å². The van der Waals surface area contributed by atoms with Gasteiger partial charge in [-0.1, -0.05) is 72.8 Å². The first-order valence-corrected chi connectivity index (χ1v) is 10.1. The number of nitrogens with one attached hydrogen (secondary N) is 2. The second-order valence-electron chi connectivity index (χ2n) is 7.43. The smallest absolute Gasteiger partial charge is 0.407 e. The fraction of sp³-hybridized carbons (Fsp3) is 0.292. The van der Waals surface area contributed by atoms with Crippen LogP contribution >= 0.6 is 0 Å². The third-order valence-electron chi connectivity index (χ3n) is 5.60. The van der Waals surface area contributed by atoms with Crippen molar-refractivity contribution in [3.8, 4) is 0 Å². The number of carbonyl (C=O) groups is 1. The first kappa shape index (κ1) is 18.5. The number of fused-ring (bicyclic) bond motifs is 1. The van der Waals surface area contributed by atoms with Gasteiger partial charge in [0, 0.05) is 18.4 Å². The lowest BCUT2D eigenvalue weighted by Gasteiger charge is -2.26. The maximum atomic E-state index is 12.3. The lowest BCUT2D eigenvalue weighted by Crippen LogP contribution is -3.11. The predicted molar refractivity (Wildman–Crippen MR) is 111 cm³/mol. The SMILES string of the molecule is O=C(NC[C@H](c1cccc2ccccc12)[NH+]1CCCC1)OCc1ccccc1. The largest absolute Gasteiger partial charge is 0.445 e. The Kier molecular flexibility index (Phi) is 5.88. The Morgan fingerprint density at radius 1 is 0.929 bits per heavy atom. The van der Waals surface area contributed by atoms with Crippen LogP contribution < -0.4 is 10.2 Å². The topological polar surface area (TPSA) is 42.8 Å². The van der Waals surface area contributed by atoms with Gasteiger partial charge in [0.15, 0.2) is 0 Å². The number of likely N-dealkylation sites (tertiary alicyclic amines) is 1. The lowest BCUT2D eigenvalue weighted by atomic mass is 9.97. The van der Waals surface area contributed by atoms with E-state index in [0.717, 1.165) is 18.7 Å². The van der Waals surface area contributed by atoms with Crippen molar-refractivity contribution < 1.29 is 14.4 Å². The van der Waals surface area contributed by atoms with Gasteiger partial charge >= 0.3 is 6.09 Å². The highest BCUT2D eigenvalue weighted by Gasteiger charge is 2.29. The minimum Gasteiger partial charge on any atom is -0.445 e. The van der Waals surface area contributed by atoms with E-state index in [1.807, 2.05) is 30.3 Å². The molecule has 3 aromatic rings. The summed E-state index contributed by atoms with van der Waals surface area (Å²) in [6.45, 7) is 3.17. The Morgan fingerprint density at radius 2 is 1.64 bits per heavy atom. The number of ether oxygens (including phenoxy) is 1. The van der Waals surface area contributed by atoms with Gasteiger partial charge < -0.3 is 15.0 Å². The second kappa shape index (κ2) is 8.89. The Balaban J connectivity index is 1.47. The molecule has 4 heteroatoms. The van der Waals surface area contributed by atoms with Gasteiger partial charge in [0.1, 0.15) is 12.6 Å². The van der Waals surface area contributed by atoms with Gasteiger partial charge in [0.2, 0.25) is 0 Å². The van der Waals surface area contributed by atoms with E-state index < -0.39 is 0 Å². The summed E-state index contributed by atoms with van der Waals surface area (Å²) in [7, 11) is 0. The van der Waals surface area contributed by atoms with Crippen molar-refractivity contribution >= 4 is 16.9 Å². The maximum Gasteiger partial charge on any atom is 0.407 e. The number of hydrogen-bond donors (Lipinski definition) is 2. The van der Waals surface area contributed by atoms with Crippen LogP contribution in [0.5, 0.6) is 0 Å². The van der Waals surface area contributed by atoms with Crippen LogP contribution in [0.3, 0.4) is 0 Å². The zero-order valence-corrected chi connectivity index (χ0v) is 16.1. The molecule has 1 saturated heterocycles. The van der Waals surface area contributed by atoms with E-state index in [1.165, 1.54) is 29.2 Å². The van der Waals surface area contributed by atoms with Gasteiger partial charge in [-0.3, -0.25) is 0 Å². The molecule has 0 saturated carbocycles. The van der Waals surface area contributed by atoms with E-state index in [0.29, 0.717) is 13.2 Å². The van der Waals surface area contributed by atoms with Crippen LogP contribution in [0.15, 0.2) is 72.8 Å². The van der Waals surface area contributed by atoms with Gasteiger partial charge in [-0.15, -0.1) is 0 Å². The van der Waals surface area contributed by atoms with Gasteiger partial charge in [-0.2, -0.15) is 0 Å². The standard InChI is InChI=1S/C24H26N2O2/c27-24(28-18-19-9-2-1-3-10-19)25-17-23(26-15-6-7-16-26)22-14-8-12-20-11-4-5-13-21(20)22/h1-5,8-14,23H,6-7,15-18H2,(H,25,27)/p+1/t23-/m1/s1. The summed E-state index contributed by atoms with van der Waals surface area (Å²) in [5.74, 6) is 0. The van der Waals surface area contributed by atoms with Crippen LogP contribution in [0.2, 0.25) is 0 Å². The zero-order chi connectivity index (χ0) is 19.2. The molecular formula is C24H27N2O2+. The molecule has 1 atom stereocenters. The molecule has 4 nitrogen and oxygen atoms in total. The fourth-order valence-corrected chi connectivity index (χ4v) is 4.17. The Bertz CT molecular complexity index is 915. The number of benzene rings is 3. The van der Waals surface area contributed by atoms with Crippen LogP contribution in [0, 0.1) is 0 Å². The number of hydrogen-bond acceptors (Lipinski definition) is 2. The molecule has 0 bridgehead atoms. The molecule has 3 aromatic carbocycles. The first-order valence-electron chi connectivity index (χ1n) is 10.1. The van der Waals surface area contributed by atoms with Crippen LogP contribution in [0.25, 0.3) is 10.8 Å². The highest BCUT2D eigenvalue weighted by molar-refractivity contribution is 5.86. The molecule has 4 rings (SSSR count). The van der Waals surface area contributed by atoms with E-state index in [4.69, 9.17) is 4.74 Å². The van der Waals surface area contributed by atoms with Gasteiger partial charge in [0.25, 0.3) is 0 Å². The van der Waals surface area contributed by atoms with Crippen molar-refractivity contribution in [2.75, 3.05) is 19.6 Å². The normalized spacial score (nSPS) is 15.4. The quantitative estimate of drug-likeness (QED) is 0.693. The Labute approximate surface area is 166 Å². The molecule has 1 aliphatic rings. The van der Waals surface area contributed by atoms with E-state index >= 15 is 0 Å². The zero-order valence-electron chi connectivity index (χ0n) is 16.1. The molecule has 1 amide bonds. The molecule has 0 spiro atoms. The van der Waals surface area contributed by atoms with Gasteiger partial charge in [-0.25, -0.2) is 4.79 Å². The van der Waals surface area contributed by atoms with Crippen LogP contribution in [0.1, 0.15) is 30.0 Å². The molecule has 0 aromatic heterocycles. The van der Waals surface area contributed by atoms with Crippen molar-refractivity contribution in [3.05, 3.63) is 83.9 Å². The minimum atomic E-state index is -0.354. The Hall–Kier alpha value is -2.85. The lowest BCUT2D eigenvalue weighted by molar-refractivity contribution is -0.918. The summed E-state index contributed by atoms with van der Waals surface area (Å²) in [6.07, 6.45) is 2.14. The molecule has 1 heterocycles. The van der Waals surface area contributed by atoms with E-state index in [-0.39, 0.29) is 12.1 Å². The number of rotatable bonds is 6. The van der Waals surface area contributed by atoms with Crippen LogP contribution in [-0.4, -0.2) is 25.7 Å². The average molecular weight is 375 g/mol. The summed E-state index contributed by atoms with van der Waals surface area (Å²) in [5.41, 5.74) is 2.30.